The van der Waals surface area contributed by atoms with Crippen LogP contribution in [-0.4, -0.2) is 23.4 Å². The van der Waals surface area contributed by atoms with Crippen molar-refractivity contribution in [1.29, 1.82) is 0 Å². The molecule has 4 rings (SSSR count). The molecule has 11 heteroatoms. The van der Waals surface area contributed by atoms with Gasteiger partial charge in [0.25, 0.3) is 0 Å². The van der Waals surface area contributed by atoms with Gasteiger partial charge in [-0.15, -0.1) is 0 Å². The summed E-state index contributed by atoms with van der Waals surface area (Å²) in [5, 5.41) is 6.63. The molecule has 0 saturated carbocycles. The van der Waals surface area contributed by atoms with Crippen molar-refractivity contribution in [2.75, 3.05) is 4.90 Å². The van der Waals surface area contributed by atoms with E-state index in [1.807, 2.05) is 28.0 Å². The van der Waals surface area contributed by atoms with Crippen molar-refractivity contribution in [3.05, 3.63) is 124 Å². The maximum absolute atomic E-state index is 13.6. The SMILES string of the molecule is NS(=O)(=O)c1ccc(N(Cc2ccc(F)cc2)C(=S)N(Cc2ccncc2)Cc2ccc(Cl)c(Cl)c2)cc1. The molecule has 0 aliphatic heterocycles. The highest BCUT2D eigenvalue weighted by Crippen LogP contribution is 2.26. The van der Waals surface area contributed by atoms with Crippen molar-refractivity contribution in [3.8, 4) is 0 Å². The topological polar surface area (TPSA) is 79.5 Å². The summed E-state index contributed by atoms with van der Waals surface area (Å²) in [6.07, 6.45) is 3.41. The van der Waals surface area contributed by atoms with Crippen molar-refractivity contribution in [1.82, 2.24) is 9.88 Å². The lowest BCUT2D eigenvalue weighted by molar-refractivity contribution is 0.405. The van der Waals surface area contributed by atoms with Crippen LogP contribution in [-0.2, 0) is 29.7 Å². The molecular weight excluding hydrogens is 566 g/mol. The van der Waals surface area contributed by atoms with E-state index in [2.05, 4.69) is 4.98 Å². The zero-order chi connectivity index (χ0) is 27.3. The van der Waals surface area contributed by atoms with Crippen molar-refractivity contribution < 1.29 is 12.8 Å². The first-order valence-electron chi connectivity index (χ1n) is 11.4. The van der Waals surface area contributed by atoms with Crippen LogP contribution < -0.4 is 10.0 Å². The molecule has 2 N–H and O–H groups in total. The van der Waals surface area contributed by atoms with Gasteiger partial charge in [0.2, 0.25) is 10.0 Å². The molecule has 3 aromatic carbocycles. The molecule has 0 aliphatic carbocycles. The minimum absolute atomic E-state index is 0.0154. The summed E-state index contributed by atoms with van der Waals surface area (Å²) >= 11 is 18.4. The Kier molecular flexibility index (Phi) is 8.96. The third-order valence-electron chi connectivity index (χ3n) is 5.71. The second kappa shape index (κ2) is 12.2. The van der Waals surface area contributed by atoms with Crippen molar-refractivity contribution in [2.45, 2.75) is 24.5 Å². The highest BCUT2D eigenvalue weighted by Gasteiger charge is 2.21. The summed E-state index contributed by atoms with van der Waals surface area (Å²) in [4.78, 5) is 7.92. The number of halogens is 3. The first-order valence-corrected chi connectivity index (χ1v) is 14.1. The molecule has 0 saturated heterocycles. The number of thiocarbonyl (C=S) groups is 1. The van der Waals surface area contributed by atoms with Crippen LogP contribution in [0.3, 0.4) is 0 Å². The summed E-state index contributed by atoms with van der Waals surface area (Å²) in [5.74, 6) is -0.348. The second-order valence-electron chi connectivity index (χ2n) is 8.49. The average Bonchev–Trinajstić information content (AvgIpc) is 2.90. The number of anilines is 1. The van der Waals surface area contributed by atoms with Gasteiger partial charge in [-0.25, -0.2) is 17.9 Å². The maximum atomic E-state index is 13.6. The fourth-order valence-corrected chi connectivity index (χ4v) is 4.92. The van der Waals surface area contributed by atoms with Crippen LogP contribution in [0.4, 0.5) is 10.1 Å². The van der Waals surface area contributed by atoms with E-state index >= 15 is 0 Å². The van der Waals surface area contributed by atoms with Crippen LogP contribution in [0.2, 0.25) is 10.0 Å². The van der Waals surface area contributed by atoms with E-state index in [-0.39, 0.29) is 10.7 Å². The van der Waals surface area contributed by atoms with Crippen LogP contribution in [0.1, 0.15) is 16.7 Å². The zero-order valence-electron chi connectivity index (χ0n) is 20.0. The van der Waals surface area contributed by atoms with Crippen LogP contribution in [0.5, 0.6) is 0 Å². The van der Waals surface area contributed by atoms with Gasteiger partial charge < -0.3 is 9.80 Å². The monoisotopic (exact) mass is 588 g/mol. The Morgan fingerprint density at radius 1 is 0.816 bits per heavy atom. The third-order valence-corrected chi connectivity index (χ3v) is 7.86. The van der Waals surface area contributed by atoms with Crippen molar-refractivity contribution >= 4 is 56.2 Å². The van der Waals surface area contributed by atoms with Gasteiger partial charge in [-0.1, -0.05) is 41.4 Å². The van der Waals surface area contributed by atoms with E-state index < -0.39 is 10.0 Å². The molecule has 4 aromatic rings. The third kappa shape index (κ3) is 7.27. The predicted octanol–water partition coefficient (Wildman–Crippen LogP) is 6.17. The Hall–Kier alpha value is -3.08. The Morgan fingerprint density at radius 2 is 1.39 bits per heavy atom. The van der Waals surface area contributed by atoms with Gasteiger partial charge in [0, 0.05) is 31.2 Å². The first kappa shape index (κ1) is 27.9. The highest BCUT2D eigenvalue weighted by molar-refractivity contribution is 7.89. The number of hydrogen-bond donors (Lipinski definition) is 1. The molecule has 0 bridgehead atoms. The molecule has 196 valence electrons. The number of benzene rings is 3. The molecule has 6 nitrogen and oxygen atoms in total. The molecule has 38 heavy (non-hydrogen) atoms. The second-order valence-corrected chi connectivity index (χ2v) is 11.2. The standard InChI is InChI=1S/C27H23Cl2FN4O2S2/c28-25-10-3-21(15-26(25)29)17-33(16-20-11-13-32-14-12-20)27(37)34(18-19-1-4-22(30)5-2-19)23-6-8-24(9-7-23)38(31,35)36/h1-15H,16-18H2,(H2,31,35,36). The summed E-state index contributed by atoms with van der Waals surface area (Å²) in [6.45, 7) is 1.17. The summed E-state index contributed by atoms with van der Waals surface area (Å²) in [7, 11) is -3.87. The molecule has 0 fully saturated rings. The van der Waals surface area contributed by atoms with Crippen LogP contribution in [0.15, 0.2) is 96.2 Å². The van der Waals surface area contributed by atoms with Crippen LogP contribution in [0.25, 0.3) is 0 Å². The first-order chi connectivity index (χ1) is 18.1. The minimum atomic E-state index is -3.87. The zero-order valence-corrected chi connectivity index (χ0v) is 23.1. The van der Waals surface area contributed by atoms with E-state index in [9.17, 15) is 12.8 Å². The van der Waals surface area contributed by atoms with Gasteiger partial charge in [-0.3, -0.25) is 4.98 Å². The Labute approximate surface area is 236 Å². The molecule has 0 aliphatic rings. The smallest absolute Gasteiger partial charge is 0.238 e. The summed E-state index contributed by atoms with van der Waals surface area (Å²) in [6, 6.07) is 21.4. The Balaban J connectivity index is 1.73. The highest BCUT2D eigenvalue weighted by atomic mass is 35.5. The molecular formula is C27H23Cl2FN4O2S2. The van der Waals surface area contributed by atoms with E-state index in [1.54, 1.807) is 48.8 Å². The number of sulfonamides is 1. The van der Waals surface area contributed by atoms with Gasteiger partial charge >= 0.3 is 0 Å². The van der Waals surface area contributed by atoms with Crippen LogP contribution >= 0.6 is 35.4 Å². The molecule has 0 atom stereocenters. The maximum Gasteiger partial charge on any atom is 0.238 e. The predicted molar refractivity (Wildman–Crippen MR) is 153 cm³/mol. The van der Waals surface area contributed by atoms with Gasteiger partial charge in [-0.05, 0) is 89.6 Å². The lowest BCUT2D eigenvalue weighted by Crippen LogP contribution is -2.42. The number of hydrogen-bond acceptors (Lipinski definition) is 4. The lowest BCUT2D eigenvalue weighted by Gasteiger charge is -2.34. The van der Waals surface area contributed by atoms with Crippen molar-refractivity contribution in [2.24, 2.45) is 5.14 Å². The fraction of sp³-hybridized carbons (Fsp3) is 0.111. The normalized spacial score (nSPS) is 11.3. The largest absolute Gasteiger partial charge is 0.340 e. The average molecular weight is 590 g/mol. The van der Waals surface area contributed by atoms with E-state index in [0.717, 1.165) is 16.7 Å². The van der Waals surface area contributed by atoms with E-state index in [4.69, 9.17) is 40.6 Å². The van der Waals surface area contributed by atoms with Crippen molar-refractivity contribution in [3.63, 3.8) is 0 Å². The Bertz CT molecular complexity index is 1520. The molecule has 1 aromatic heterocycles. The summed E-state index contributed by atoms with van der Waals surface area (Å²) in [5.41, 5.74) is 3.32. The number of primary sulfonamides is 1. The molecule has 1 heterocycles. The fourth-order valence-electron chi connectivity index (χ4n) is 3.79. The number of nitrogens with zero attached hydrogens (tertiary/aromatic N) is 3. The Morgan fingerprint density at radius 3 is 2.00 bits per heavy atom. The quantitative estimate of drug-likeness (QED) is 0.248. The minimum Gasteiger partial charge on any atom is -0.340 e. The number of aromatic nitrogens is 1. The number of pyridine rings is 1. The lowest BCUT2D eigenvalue weighted by atomic mass is 10.1. The van der Waals surface area contributed by atoms with Gasteiger partial charge in [0.15, 0.2) is 5.11 Å². The molecule has 0 spiro atoms. The number of nitrogens with two attached hydrogens (primary N) is 1. The van der Waals surface area contributed by atoms with Gasteiger partial charge in [0.05, 0.1) is 21.5 Å². The molecule has 0 unspecified atom stereocenters. The van der Waals surface area contributed by atoms with E-state index in [1.165, 1.54) is 24.3 Å². The molecule has 0 radical (unpaired) electrons. The number of rotatable bonds is 8. The summed E-state index contributed by atoms with van der Waals surface area (Å²) < 4.78 is 37.2. The van der Waals surface area contributed by atoms with Gasteiger partial charge in [0.1, 0.15) is 5.82 Å². The molecule has 0 amide bonds. The van der Waals surface area contributed by atoms with Gasteiger partial charge in [-0.2, -0.15) is 0 Å². The van der Waals surface area contributed by atoms with E-state index in [0.29, 0.717) is 40.5 Å². The van der Waals surface area contributed by atoms with Crippen LogP contribution in [0, 0.1) is 5.82 Å².